The SMILES string of the molecule is CC1OCCC1NC(=O)CCc1ccccc1C(=O)O. The highest BCUT2D eigenvalue weighted by atomic mass is 16.5. The number of ether oxygens (including phenoxy) is 1. The zero-order valence-electron chi connectivity index (χ0n) is 11.5. The molecular formula is C15H19NO4. The van der Waals surface area contributed by atoms with E-state index >= 15 is 0 Å². The Morgan fingerprint density at radius 3 is 2.80 bits per heavy atom. The third kappa shape index (κ3) is 3.57. The minimum Gasteiger partial charge on any atom is -0.478 e. The van der Waals surface area contributed by atoms with Crippen LogP contribution in [-0.2, 0) is 16.0 Å². The molecule has 0 aromatic heterocycles. The van der Waals surface area contributed by atoms with Gasteiger partial charge in [-0.15, -0.1) is 0 Å². The third-order valence-electron chi connectivity index (χ3n) is 3.59. The molecule has 1 aromatic rings. The van der Waals surface area contributed by atoms with E-state index in [1.54, 1.807) is 24.3 Å². The monoisotopic (exact) mass is 277 g/mol. The van der Waals surface area contributed by atoms with E-state index in [9.17, 15) is 9.59 Å². The number of carbonyl (C=O) groups is 2. The van der Waals surface area contributed by atoms with E-state index in [2.05, 4.69) is 5.32 Å². The van der Waals surface area contributed by atoms with E-state index in [1.807, 2.05) is 6.92 Å². The van der Waals surface area contributed by atoms with Gasteiger partial charge in [0.15, 0.2) is 0 Å². The number of aryl methyl sites for hydroxylation is 1. The van der Waals surface area contributed by atoms with Crippen LogP contribution in [0.4, 0.5) is 0 Å². The highest BCUT2D eigenvalue weighted by Crippen LogP contribution is 2.14. The van der Waals surface area contributed by atoms with Crippen molar-refractivity contribution in [3.8, 4) is 0 Å². The number of rotatable bonds is 5. The molecule has 1 heterocycles. The van der Waals surface area contributed by atoms with E-state index < -0.39 is 5.97 Å². The second-order valence-electron chi connectivity index (χ2n) is 5.00. The van der Waals surface area contributed by atoms with Crippen molar-refractivity contribution in [3.05, 3.63) is 35.4 Å². The Labute approximate surface area is 117 Å². The van der Waals surface area contributed by atoms with Crippen molar-refractivity contribution in [2.45, 2.75) is 38.3 Å². The first-order valence-corrected chi connectivity index (χ1v) is 6.80. The molecule has 5 nitrogen and oxygen atoms in total. The van der Waals surface area contributed by atoms with E-state index in [0.29, 0.717) is 18.6 Å². The van der Waals surface area contributed by atoms with Crippen LogP contribution >= 0.6 is 0 Å². The normalized spacial score (nSPS) is 21.6. The van der Waals surface area contributed by atoms with Gasteiger partial charge in [0.25, 0.3) is 0 Å². The Morgan fingerprint density at radius 2 is 2.15 bits per heavy atom. The fourth-order valence-corrected chi connectivity index (χ4v) is 2.40. The van der Waals surface area contributed by atoms with E-state index in [1.165, 1.54) is 0 Å². The Hall–Kier alpha value is -1.88. The smallest absolute Gasteiger partial charge is 0.335 e. The quantitative estimate of drug-likeness (QED) is 0.857. The van der Waals surface area contributed by atoms with Gasteiger partial charge in [0.05, 0.1) is 17.7 Å². The predicted octanol–water partition coefficient (Wildman–Crippen LogP) is 1.61. The molecule has 5 heteroatoms. The number of nitrogens with one attached hydrogen (secondary N) is 1. The summed E-state index contributed by atoms with van der Waals surface area (Å²) in [7, 11) is 0. The molecule has 2 unspecified atom stereocenters. The molecule has 0 radical (unpaired) electrons. The maximum atomic E-state index is 11.9. The zero-order chi connectivity index (χ0) is 14.5. The molecule has 2 rings (SSSR count). The number of carboxylic acid groups (broad SMARTS) is 1. The second-order valence-corrected chi connectivity index (χ2v) is 5.00. The molecule has 1 aromatic carbocycles. The fourth-order valence-electron chi connectivity index (χ4n) is 2.40. The lowest BCUT2D eigenvalue weighted by Gasteiger charge is -2.16. The Kier molecular flexibility index (Phi) is 4.74. The van der Waals surface area contributed by atoms with Crippen LogP contribution in [0.1, 0.15) is 35.7 Å². The molecule has 1 amide bonds. The molecule has 1 saturated heterocycles. The Bertz CT molecular complexity index is 500. The predicted molar refractivity (Wildman–Crippen MR) is 73.7 cm³/mol. The van der Waals surface area contributed by atoms with Crippen molar-refractivity contribution >= 4 is 11.9 Å². The number of aromatic carboxylic acids is 1. The van der Waals surface area contributed by atoms with Crippen LogP contribution in [-0.4, -0.2) is 35.7 Å². The lowest BCUT2D eigenvalue weighted by molar-refractivity contribution is -0.122. The van der Waals surface area contributed by atoms with Gasteiger partial charge < -0.3 is 15.2 Å². The van der Waals surface area contributed by atoms with Crippen LogP contribution < -0.4 is 5.32 Å². The van der Waals surface area contributed by atoms with Crippen molar-refractivity contribution < 1.29 is 19.4 Å². The van der Waals surface area contributed by atoms with Crippen molar-refractivity contribution in [1.29, 1.82) is 0 Å². The van der Waals surface area contributed by atoms with Crippen LogP contribution in [0, 0.1) is 0 Å². The summed E-state index contributed by atoms with van der Waals surface area (Å²) in [5, 5.41) is 12.0. The number of carbonyl (C=O) groups excluding carboxylic acids is 1. The molecule has 2 N–H and O–H groups in total. The van der Waals surface area contributed by atoms with Crippen LogP contribution in [0.2, 0.25) is 0 Å². The molecule has 1 aliphatic rings. The van der Waals surface area contributed by atoms with E-state index in [4.69, 9.17) is 9.84 Å². The first kappa shape index (κ1) is 14.5. The zero-order valence-corrected chi connectivity index (χ0v) is 11.5. The minimum absolute atomic E-state index is 0.0465. The van der Waals surface area contributed by atoms with Gasteiger partial charge in [-0.3, -0.25) is 4.79 Å². The molecule has 20 heavy (non-hydrogen) atoms. The highest BCUT2D eigenvalue weighted by molar-refractivity contribution is 5.89. The molecule has 2 atom stereocenters. The van der Waals surface area contributed by atoms with E-state index in [-0.39, 0.29) is 30.0 Å². The van der Waals surface area contributed by atoms with Gasteiger partial charge in [-0.2, -0.15) is 0 Å². The van der Waals surface area contributed by atoms with Gasteiger partial charge in [-0.25, -0.2) is 4.79 Å². The van der Waals surface area contributed by atoms with Gasteiger partial charge in [0.1, 0.15) is 0 Å². The molecule has 0 aliphatic carbocycles. The number of hydrogen-bond acceptors (Lipinski definition) is 3. The summed E-state index contributed by atoms with van der Waals surface area (Å²) in [6.45, 7) is 2.62. The molecule has 108 valence electrons. The maximum Gasteiger partial charge on any atom is 0.335 e. The summed E-state index contributed by atoms with van der Waals surface area (Å²) in [4.78, 5) is 23.0. The average Bonchev–Trinajstić information content (AvgIpc) is 2.82. The average molecular weight is 277 g/mol. The van der Waals surface area contributed by atoms with Crippen LogP contribution in [0.3, 0.4) is 0 Å². The molecule has 0 bridgehead atoms. The second kappa shape index (κ2) is 6.52. The van der Waals surface area contributed by atoms with Crippen LogP contribution in [0.25, 0.3) is 0 Å². The molecule has 1 aliphatic heterocycles. The maximum absolute atomic E-state index is 11.9. The number of carboxylic acids is 1. The Balaban J connectivity index is 1.89. The molecular weight excluding hydrogens is 258 g/mol. The topological polar surface area (TPSA) is 75.6 Å². The lowest BCUT2D eigenvalue weighted by Crippen LogP contribution is -2.39. The van der Waals surface area contributed by atoms with E-state index in [0.717, 1.165) is 6.42 Å². The summed E-state index contributed by atoms with van der Waals surface area (Å²) in [6.07, 6.45) is 1.59. The van der Waals surface area contributed by atoms with Gasteiger partial charge >= 0.3 is 5.97 Å². The van der Waals surface area contributed by atoms with Crippen LogP contribution in [0.15, 0.2) is 24.3 Å². The summed E-state index contributed by atoms with van der Waals surface area (Å²) >= 11 is 0. The Morgan fingerprint density at radius 1 is 1.40 bits per heavy atom. The van der Waals surface area contributed by atoms with Crippen molar-refractivity contribution in [2.75, 3.05) is 6.61 Å². The number of amides is 1. The molecule has 0 spiro atoms. The van der Waals surface area contributed by atoms with Gasteiger partial charge in [-0.1, -0.05) is 18.2 Å². The first-order valence-electron chi connectivity index (χ1n) is 6.80. The molecule has 1 fully saturated rings. The number of hydrogen-bond donors (Lipinski definition) is 2. The largest absolute Gasteiger partial charge is 0.478 e. The van der Waals surface area contributed by atoms with Crippen molar-refractivity contribution in [3.63, 3.8) is 0 Å². The molecule has 0 saturated carbocycles. The highest BCUT2D eigenvalue weighted by Gasteiger charge is 2.25. The fraction of sp³-hybridized carbons (Fsp3) is 0.467. The summed E-state index contributed by atoms with van der Waals surface area (Å²) < 4.78 is 5.39. The first-order chi connectivity index (χ1) is 9.58. The lowest BCUT2D eigenvalue weighted by atomic mass is 10.0. The summed E-state index contributed by atoms with van der Waals surface area (Å²) in [5.41, 5.74) is 0.948. The van der Waals surface area contributed by atoms with Gasteiger partial charge in [0.2, 0.25) is 5.91 Å². The summed E-state index contributed by atoms with van der Waals surface area (Å²) in [6, 6.07) is 6.84. The minimum atomic E-state index is -0.959. The van der Waals surface area contributed by atoms with Gasteiger partial charge in [0, 0.05) is 13.0 Å². The van der Waals surface area contributed by atoms with Crippen molar-refractivity contribution in [2.24, 2.45) is 0 Å². The van der Waals surface area contributed by atoms with Crippen molar-refractivity contribution in [1.82, 2.24) is 5.32 Å². The standard InChI is InChI=1S/C15H19NO4/c1-10-13(8-9-20-10)16-14(17)7-6-11-4-2-3-5-12(11)15(18)19/h2-5,10,13H,6-9H2,1H3,(H,16,17)(H,18,19). The van der Waals surface area contributed by atoms with Crippen LogP contribution in [0.5, 0.6) is 0 Å². The van der Waals surface area contributed by atoms with Gasteiger partial charge in [-0.05, 0) is 31.4 Å². The summed E-state index contributed by atoms with van der Waals surface area (Å²) in [5.74, 6) is -1.02. The number of benzene rings is 1. The third-order valence-corrected chi connectivity index (χ3v) is 3.59.